The Hall–Kier alpha value is -4.06. The lowest BCUT2D eigenvalue weighted by atomic mass is 9.95. The number of benzene rings is 3. The van der Waals surface area contributed by atoms with Crippen LogP contribution in [-0.2, 0) is 16.1 Å². The van der Waals surface area contributed by atoms with E-state index >= 15 is 0 Å². The fourth-order valence-electron chi connectivity index (χ4n) is 3.86. The smallest absolute Gasteiger partial charge is 0.295 e. The molecule has 6 nitrogen and oxygen atoms in total. The number of Topliss-reactive ketones (excluding diaryl/α,β-unsaturated/α-hetero) is 1. The predicted octanol–water partition coefficient (Wildman–Crippen LogP) is 4.41. The van der Waals surface area contributed by atoms with Gasteiger partial charge in [0.2, 0.25) is 0 Å². The number of ether oxygens (including phenoxy) is 1. The van der Waals surface area contributed by atoms with Crippen LogP contribution in [0.25, 0.3) is 5.76 Å². The topological polar surface area (TPSA) is 87.1 Å². The molecule has 32 heavy (non-hydrogen) atoms. The number of phenols is 1. The Morgan fingerprint density at radius 1 is 0.938 bits per heavy atom. The van der Waals surface area contributed by atoms with Crippen molar-refractivity contribution in [1.82, 2.24) is 4.90 Å². The van der Waals surface area contributed by atoms with Crippen LogP contribution < -0.4 is 4.74 Å². The Morgan fingerprint density at radius 3 is 2.22 bits per heavy atom. The van der Waals surface area contributed by atoms with Gasteiger partial charge in [0.15, 0.2) is 0 Å². The summed E-state index contributed by atoms with van der Waals surface area (Å²) in [6.45, 7) is 2.59. The molecule has 3 aromatic rings. The lowest BCUT2D eigenvalue weighted by Crippen LogP contribution is -2.29. The van der Waals surface area contributed by atoms with E-state index in [1.807, 2.05) is 37.3 Å². The lowest BCUT2D eigenvalue weighted by molar-refractivity contribution is -0.140. The summed E-state index contributed by atoms with van der Waals surface area (Å²) in [5.74, 6) is -0.964. The Balaban J connectivity index is 1.81. The van der Waals surface area contributed by atoms with Crippen molar-refractivity contribution in [3.05, 3.63) is 101 Å². The summed E-state index contributed by atoms with van der Waals surface area (Å²) in [7, 11) is 0. The highest BCUT2D eigenvalue weighted by Crippen LogP contribution is 2.40. The Kier molecular flexibility index (Phi) is 5.94. The third-order valence-electron chi connectivity index (χ3n) is 5.38. The monoisotopic (exact) mass is 429 g/mol. The van der Waals surface area contributed by atoms with E-state index < -0.39 is 17.7 Å². The fourth-order valence-corrected chi connectivity index (χ4v) is 3.86. The molecule has 1 saturated heterocycles. The van der Waals surface area contributed by atoms with Crippen LogP contribution >= 0.6 is 0 Å². The molecule has 0 bridgehead atoms. The first-order valence-corrected chi connectivity index (χ1v) is 10.3. The number of aromatic hydroxyl groups is 1. The van der Waals surface area contributed by atoms with Gasteiger partial charge in [-0.25, -0.2) is 0 Å². The highest BCUT2D eigenvalue weighted by Gasteiger charge is 2.46. The normalized spacial score (nSPS) is 17.5. The van der Waals surface area contributed by atoms with Gasteiger partial charge < -0.3 is 19.8 Å². The largest absolute Gasteiger partial charge is 0.508 e. The molecule has 0 spiro atoms. The van der Waals surface area contributed by atoms with Crippen LogP contribution in [-0.4, -0.2) is 33.4 Å². The van der Waals surface area contributed by atoms with Gasteiger partial charge in [0.25, 0.3) is 11.7 Å². The number of ketones is 1. The maximum Gasteiger partial charge on any atom is 0.295 e. The van der Waals surface area contributed by atoms with Gasteiger partial charge in [-0.05, 0) is 54.4 Å². The van der Waals surface area contributed by atoms with Crippen LogP contribution in [0.3, 0.4) is 0 Å². The van der Waals surface area contributed by atoms with Crippen molar-refractivity contribution in [2.75, 3.05) is 6.61 Å². The first-order chi connectivity index (χ1) is 15.5. The summed E-state index contributed by atoms with van der Waals surface area (Å²) < 4.78 is 5.44. The van der Waals surface area contributed by atoms with E-state index in [0.717, 1.165) is 5.56 Å². The Morgan fingerprint density at radius 2 is 1.59 bits per heavy atom. The lowest BCUT2D eigenvalue weighted by Gasteiger charge is -2.25. The average Bonchev–Trinajstić information content (AvgIpc) is 3.05. The van der Waals surface area contributed by atoms with E-state index in [1.54, 1.807) is 36.4 Å². The molecule has 0 radical (unpaired) electrons. The van der Waals surface area contributed by atoms with Gasteiger partial charge in [-0.1, -0.05) is 42.5 Å². The van der Waals surface area contributed by atoms with Crippen molar-refractivity contribution in [3.8, 4) is 11.5 Å². The van der Waals surface area contributed by atoms with Crippen LogP contribution in [0.4, 0.5) is 0 Å². The van der Waals surface area contributed by atoms with Gasteiger partial charge in [-0.2, -0.15) is 0 Å². The minimum absolute atomic E-state index is 0.0146. The number of carbonyl (C=O) groups is 2. The van der Waals surface area contributed by atoms with E-state index in [1.165, 1.54) is 17.0 Å². The molecular weight excluding hydrogens is 406 g/mol. The van der Waals surface area contributed by atoms with E-state index in [9.17, 15) is 19.8 Å². The second-order valence-electron chi connectivity index (χ2n) is 7.46. The summed E-state index contributed by atoms with van der Waals surface area (Å²) in [5.41, 5.74) is 1.90. The van der Waals surface area contributed by atoms with Crippen LogP contribution in [0.15, 0.2) is 84.4 Å². The molecular formula is C26H23NO5. The minimum Gasteiger partial charge on any atom is -0.508 e. The van der Waals surface area contributed by atoms with Crippen LogP contribution in [0.2, 0.25) is 0 Å². The number of phenolic OH excluding ortho intramolecular Hbond substituents is 1. The third-order valence-corrected chi connectivity index (χ3v) is 5.38. The van der Waals surface area contributed by atoms with Crippen molar-refractivity contribution < 1.29 is 24.5 Å². The molecule has 1 aliphatic rings. The van der Waals surface area contributed by atoms with Crippen molar-refractivity contribution in [2.24, 2.45) is 0 Å². The zero-order chi connectivity index (χ0) is 22.7. The van der Waals surface area contributed by atoms with Gasteiger partial charge in [0, 0.05) is 12.1 Å². The fraction of sp³-hybridized carbons (Fsp3) is 0.154. The molecule has 0 aliphatic carbocycles. The highest BCUT2D eigenvalue weighted by atomic mass is 16.5. The quantitative estimate of drug-likeness (QED) is 0.344. The van der Waals surface area contributed by atoms with Gasteiger partial charge in [-0.3, -0.25) is 9.59 Å². The predicted molar refractivity (Wildman–Crippen MR) is 120 cm³/mol. The summed E-state index contributed by atoms with van der Waals surface area (Å²) in [5, 5.41) is 20.8. The van der Waals surface area contributed by atoms with E-state index in [0.29, 0.717) is 23.5 Å². The highest BCUT2D eigenvalue weighted by molar-refractivity contribution is 6.46. The number of amides is 1. The molecule has 1 heterocycles. The maximum absolute atomic E-state index is 13.1. The number of likely N-dealkylation sites (tertiary alicyclic amines) is 1. The second kappa shape index (κ2) is 8.98. The Labute approximate surface area is 186 Å². The molecule has 1 unspecified atom stereocenters. The molecule has 1 atom stereocenters. The number of aliphatic hydroxyl groups excluding tert-OH is 1. The van der Waals surface area contributed by atoms with Crippen LogP contribution in [0.5, 0.6) is 11.5 Å². The summed E-state index contributed by atoms with van der Waals surface area (Å²) in [4.78, 5) is 27.5. The van der Waals surface area contributed by atoms with Gasteiger partial charge in [0.1, 0.15) is 17.3 Å². The number of hydrogen-bond donors (Lipinski definition) is 2. The van der Waals surface area contributed by atoms with Crippen LogP contribution in [0.1, 0.15) is 29.7 Å². The molecule has 2 N–H and O–H groups in total. The Bertz CT molecular complexity index is 1150. The van der Waals surface area contributed by atoms with E-state index in [2.05, 4.69) is 0 Å². The second-order valence-corrected chi connectivity index (χ2v) is 7.46. The van der Waals surface area contributed by atoms with E-state index in [-0.39, 0.29) is 23.6 Å². The molecule has 0 saturated carbocycles. The summed E-state index contributed by atoms with van der Waals surface area (Å²) in [6, 6.07) is 21.6. The molecule has 1 amide bonds. The standard InChI is InChI=1S/C26H23NO5/c1-2-32-21-14-10-19(11-15-21)24(29)22-23(18-8-12-20(28)13-9-18)27(26(31)25(22)30)16-17-6-4-3-5-7-17/h3-15,23,28-29H,2,16H2,1H3. The molecule has 3 aromatic carbocycles. The van der Waals surface area contributed by atoms with E-state index in [4.69, 9.17) is 4.74 Å². The van der Waals surface area contributed by atoms with Crippen molar-refractivity contribution in [1.29, 1.82) is 0 Å². The number of aliphatic hydroxyl groups is 1. The molecule has 0 aromatic heterocycles. The van der Waals surface area contributed by atoms with Gasteiger partial charge >= 0.3 is 0 Å². The zero-order valence-electron chi connectivity index (χ0n) is 17.6. The number of rotatable bonds is 6. The molecule has 162 valence electrons. The molecule has 4 rings (SSSR count). The number of nitrogens with zero attached hydrogens (tertiary/aromatic N) is 1. The maximum atomic E-state index is 13.1. The number of hydrogen-bond acceptors (Lipinski definition) is 5. The SMILES string of the molecule is CCOc1ccc(C(O)=C2C(=O)C(=O)N(Cc3ccccc3)C2c2ccc(O)cc2)cc1. The first kappa shape index (κ1) is 21.2. The van der Waals surface area contributed by atoms with Crippen molar-refractivity contribution >= 4 is 17.4 Å². The summed E-state index contributed by atoms with van der Waals surface area (Å²) >= 11 is 0. The van der Waals surface area contributed by atoms with Crippen LogP contribution in [0, 0.1) is 0 Å². The minimum atomic E-state index is -0.789. The molecule has 1 fully saturated rings. The zero-order valence-corrected chi connectivity index (χ0v) is 17.6. The van der Waals surface area contributed by atoms with Crippen molar-refractivity contribution in [2.45, 2.75) is 19.5 Å². The molecule has 6 heteroatoms. The average molecular weight is 429 g/mol. The number of carbonyl (C=O) groups excluding carboxylic acids is 2. The summed E-state index contributed by atoms with van der Waals surface area (Å²) in [6.07, 6.45) is 0. The first-order valence-electron chi connectivity index (χ1n) is 10.3. The third kappa shape index (κ3) is 4.07. The van der Waals surface area contributed by atoms with Gasteiger partial charge in [-0.15, -0.1) is 0 Å². The van der Waals surface area contributed by atoms with Crippen molar-refractivity contribution in [3.63, 3.8) is 0 Å². The van der Waals surface area contributed by atoms with Gasteiger partial charge in [0.05, 0.1) is 18.2 Å². The molecule has 1 aliphatic heterocycles.